The van der Waals surface area contributed by atoms with Crippen LogP contribution in [0.5, 0.6) is 0 Å². The largest absolute Gasteiger partial charge is 0.364 e. The van der Waals surface area contributed by atoms with Gasteiger partial charge in [0, 0.05) is 37.5 Å². The minimum Gasteiger partial charge on any atom is -0.364 e. The molecule has 8 heteroatoms. The van der Waals surface area contributed by atoms with Crippen molar-refractivity contribution < 1.29 is 4.79 Å². The number of likely N-dealkylation sites (tertiary alicyclic amines) is 1. The van der Waals surface area contributed by atoms with E-state index in [4.69, 9.17) is 11.6 Å². The van der Waals surface area contributed by atoms with Crippen LogP contribution in [-0.4, -0.2) is 43.7 Å². The Bertz CT molecular complexity index is 966. The monoisotopic (exact) mass is 398 g/mol. The van der Waals surface area contributed by atoms with Crippen LogP contribution in [-0.2, 0) is 17.8 Å². The second-order valence-electron chi connectivity index (χ2n) is 6.99. The quantitative estimate of drug-likeness (QED) is 0.689. The fourth-order valence-corrected chi connectivity index (χ4v) is 3.63. The standard InChI is InChI=1S/C20H23ClN6O/c21-16-7-3-2-6-15(16)14-22-17-8-9-18-23-24-19(27(18)25-17)10-11-20(28)26-12-4-1-5-13-26/h2-3,6-9H,1,4-5,10-14H2,(H,22,25). The summed E-state index contributed by atoms with van der Waals surface area (Å²) in [6.45, 7) is 2.31. The Morgan fingerprint density at radius 1 is 1.07 bits per heavy atom. The summed E-state index contributed by atoms with van der Waals surface area (Å²) in [6, 6.07) is 11.4. The smallest absolute Gasteiger partial charge is 0.223 e. The van der Waals surface area contributed by atoms with Gasteiger partial charge >= 0.3 is 0 Å². The zero-order chi connectivity index (χ0) is 19.3. The van der Waals surface area contributed by atoms with Gasteiger partial charge in [-0.1, -0.05) is 29.8 Å². The molecule has 0 radical (unpaired) electrons. The van der Waals surface area contributed by atoms with Gasteiger partial charge in [0.2, 0.25) is 5.91 Å². The van der Waals surface area contributed by atoms with Gasteiger partial charge < -0.3 is 10.2 Å². The Balaban J connectivity index is 1.42. The van der Waals surface area contributed by atoms with Crippen molar-refractivity contribution in [2.45, 2.75) is 38.6 Å². The molecule has 7 nitrogen and oxygen atoms in total. The van der Waals surface area contributed by atoms with Crippen molar-refractivity contribution >= 4 is 29.0 Å². The van der Waals surface area contributed by atoms with Gasteiger partial charge in [0.1, 0.15) is 5.82 Å². The zero-order valence-corrected chi connectivity index (χ0v) is 16.4. The van der Waals surface area contributed by atoms with Crippen LogP contribution in [0.4, 0.5) is 5.82 Å². The molecule has 2 aromatic heterocycles. The topological polar surface area (TPSA) is 75.4 Å². The lowest BCUT2D eigenvalue weighted by Gasteiger charge is -2.26. The summed E-state index contributed by atoms with van der Waals surface area (Å²) in [6.07, 6.45) is 4.37. The first kappa shape index (κ1) is 18.7. The van der Waals surface area contributed by atoms with Gasteiger partial charge in [0.25, 0.3) is 0 Å². The molecule has 0 bridgehead atoms. The molecule has 3 aromatic rings. The molecule has 1 aliphatic heterocycles. The molecule has 146 valence electrons. The second-order valence-corrected chi connectivity index (χ2v) is 7.40. The number of carbonyl (C=O) groups is 1. The molecule has 1 N–H and O–H groups in total. The Labute approximate surface area is 168 Å². The van der Waals surface area contributed by atoms with E-state index >= 15 is 0 Å². The van der Waals surface area contributed by atoms with E-state index in [1.54, 1.807) is 4.52 Å². The highest BCUT2D eigenvalue weighted by Gasteiger charge is 2.17. The van der Waals surface area contributed by atoms with Gasteiger partial charge in [0.15, 0.2) is 11.5 Å². The average Bonchev–Trinajstić information content (AvgIpc) is 3.14. The van der Waals surface area contributed by atoms with Gasteiger partial charge in [-0.2, -0.15) is 4.52 Å². The summed E-state index contributed by atoms with van der Waals surface area (Å²) >= 11 is 6.21. The molecule has 0 saturated carbocycles. The van der Waals surface area contributed by atoms with Crippen molar-refractivity contribution in [3.05, 3.63) is 52.8 Å². The van der Waals surface area contributed by atoms with E-state index in [1.807, 2.05) is 41.3 Å². The third-order valence-corrected chi connectivity index (χ3v) is 5.39. The molecule has 1 aromatic carbocycles. The lowest BCUT2D eigenvalue weighted by atomic mass is 10.1. The van der Waals surface area contributed by atoms with E-state index in [0.717, 1.165) is 36.5 Å². The molecule has 0 atom stereocenters. The summed E-state index contributed by atoms with van der Waals surface area (Å²) in [4.78, 5) is 14.4. The molecule has 1 amide bonds. The Hall–Kier alpha value is -2.67. The van der Waals surface area contributed by atoms with E-state index in [0.29, 0.717) is 36.7 Å². The normalized spacial score (nSPS) is 14.4. The number of carbonyl (C=O) groups excluding carboxylic acids is 1. The number of nitrogens with one attached hydrogen (secondary N) is 1. The number of anilines is 1. The van der Waals surface area contributed by atoms with Crippen molar-refractivity contribution in [1.29, 1.82) is 0 Å². The van der Waals surface area contributed by atoms with Crippen LogP contribution in [0, 0.1) is 0 Å². The number of piperidine rings is 1. The van der Waals surface area contributed by atoms with Gasteiger partial charge in [-0.3, -0.25) is 4.79 Å². The number of fused-ring (bicyclic) bond motifs is 1. The van der Waals surface area contributed by atoms with Crippen LogP contribution in [0.2, 0.25) is 5.02 Å². The van der Waals surface area contributed by atoms with Crippen LogP contribution in [0.15, 0.2) is 36.4 Å². The van der Waals surface area contributed by atoms with E-state index in [2.05, 4.69) is 20.6 Å². The fraction of sp³-hybridized carbons (Fsp3) is 0.400. The number of rotatable bonds is 6. The summed E-state index contributed by atoms with van der Waals surface area (Å²) in [5.41, 5.74) is 1.67. The van der Waals surface area contributed by atoms with Crippen molar-refractivity contribution in [3.8, 4) is 0 Å². The summed E-state index contributed by atoms with van der Waals surface area (Å²) in [5.74, 6) is 1.59. The van der Waals surface area contributed by atoms with E-state index < -0.39 is 0 Å². The molecule has 28 heavy (non-hydrogen) atoms. The SMILES string of the molecule is O=C(CCc1nnc2ccc(NCc3ccccc3Cl)nn12)N1CCCCC1. The first-order valence-corrected chi connectivity index (χ1v) is 10.0. The summed E-state index contributed by atoms with van der Waals surface area (Å²) in [5, 5.41) is 17.0. The highest BCUT2D eigenvalue weighted by Crippen LogP contribution is 2.17. The fourth-order valence-electron chi connectivity index (χ4n) is 3.43. The van der Waals surface area contributed by atoms with Crippen molar-refractivity contribution in [1.82, 2.24) is 24.7 Å². The van der Waals surface area contributed by atoms with Crippen LogP contribution < -0.4 is 5.32 Å². The van der Waals surface area contributed by atoms with E-state index in [9.17, 15) is 4.79 Å². The molecule has 1 aliphatic rings. The average molecular weight is 399 g/mol. The number of amides is 1. The third-order valence-electron chi connectivity index (χ3n) is 5.02. The summed E-state index contributed by atoms with van der Waals surface area (Å²) < 4.78 is 1.71. The first-order chi connectivity index (χ1) is 13.7. The number of hydrogen-bond donors (Lipinski definition) is 1. The maximum atomic E-state index is 12.4. The second kappa shape index (κ2) is 8.56. The molecule has 0 unspecified atom stereocenters. The molecule has 3 heterocycles. The molecule has 1 saturated heterocycles. The Kier molecular flexibility index (Phi) is 5.71. The predicted molar refractivity (Wildman–Crippen MR) is 108 cm³/mol. The Morgan fingerprint density at radius 3 is 2.71 bits per heavy atom. The van der Waals surface area contributed by atoms with Gasteiger partial charge in [-0.15, -0.1) is 15.3 Å². The highest BCUT2D eigenvalue weighted by molar-refractivity contribution is 6.31. The molecule has 1 fully saturated rings. The first-order valence-electron chi connectivity index (χ1n) is 9.67. The van der Waals surface area contributed by atoms with Crippen LogP contribution in [0.25, 0.3) is 5.65 Å². The van der Waals surface area contributed by atoms with Gasteiger partial charge in [-0.05, 0) is 43.0 Å². The number of aromatic nitrogens is 4. The highest BCUT2D eigenvalue weighted by atomic mass is 35.5. The Morgan fingerprint density at radius 2 is 1.89 bits per heavy atom. The van der Waals surface area contributed by atoms with E-state index in [1.165, 1.54) is 6.42 Å². The lowest BCUT2D eigenvalue weighted by molar-refractivity contribution is -0.132. The van der Waals surface area contributed by atoms with Crippen molar-refractivity contribution in [2.24, 2.45) is 0 Å². The number of benzene rings is 1. The zero-order valence-electron chi connectivity index (χ0n) is 15.6. The molecule has 4 rings (SSSR count). The molecular weight excluding hydrogens is 376 g/mol. The van der Waals surface area contributed by atoms with Gasteiger partial charge in [0.05, 0.1) is 0 Å². The lowest BCUT2D eigenvalue weighted by Crippen LogP contribution is -2.35. The van der Waals surface area contributed by atoms with Crippen LogP contribution in [0.3, 0.4) is 0 Å². The van der Waals surface area contributed by atoms with E-state index in [-0.39, 0.29) is 5.91 Å². The molecule has 0 aliphatic carbocycles. The molecular formula is C20H23ClN6O. The van der Waals surface area contributed by atoms with Crippen LogP contribution >= 0.6 is 11.6 Å². The van der Waals surface area contributed by atoms with Crippen molar-refractivity contribution in [2.75, 3.05) is 18.4 Å². The number of halogens is 1. The third kappa shape index (κ3) is 4.25. The molecule has 0 spiro atoms. The number of hydrogen-bond acceptors (Lipinski definition) is 5. The maximum Gasteiger partial charge on any atom is 0.223 e. The van der Waals surface area contributed by atoms with Gasteiger partial charge in [-0.25, -0.2) is 0 Å². The number of aryl methyl sites for hydroxylation is 1. The predicted octanol–water partition coefficient (Wildman–Crippen LogP) is 3.33. The minimum atomic E-state index is 0.185. The van der Waals surface area contributed by atoms with Crippen LogP contribution in [0.1, 0.15) is 37.1 Å². The number of nitrogens with zero attached hydrogens (tertiary/aromatic N) is 5. The maximum absolute atomic E-state index is 12.4. The summed E-state index contributed by atoms with van der Waals surface area (Å²) in [7, 11) is 0. The van der Waals surface area contributed by atoms with Crippen molar-refractivity contribution in [3.63, 3.8) is 0 Å². The minimum absolute atomic E-state index is 0.185.